The van der Waals surface area contributed by atoms with Gasteiger partial charge in [-0.1, -0.05) is 33.1 Å². The molecule has 4 nitrogen and oxygen atoms in total. The van der Waals surface area contributed by atoms with E-state index in [0.29, 0.717) is 0 Å². The molecule has 0 aliphatic heterocycles. The second-order valence-corrected chi connectivity index (χ2v) is 6.48. The maximum absolute atomic E-state index is 5.07. The van der Waals surface area contributed by atoms with Crippen LogP contribution in [0.5, 0.6) is 0 Å². The standard InChI is InChI=1S/C16H31N3OS/c1-5-7-8-11-19(3)16-18-14(9-6-2)15(21-16)13-17-10-12-20-4/h17H,5-13H2,1-4H3. The van der Waals surface area contributed by atoms with E-state index in [-0.39, 0.29) is 0 Å². The lowest BCUT2D eigenvalue weighted by molar-refractivity contribution is 0.199. The number of thiazole rings is 1. The number of rotatable bonds is 12. The second kappa shape index (κ2) is 11.0. The number of unbranched alkanes of at least 4 members (excludes halogenated alkanes) is 2. The third kappa shape index (κ3) is 6.76. The van der Waals surface area contributed by atoms with E-state index in [0.717, 1.165) is 44.2 Å². The molecule has 0 saturated heterocycles. The van der Waals surface area contributed by atoms with E-state index in [4.69, 9.17) is 9.72 Å². The van der Waals surface area contributed by atoms with Gasteiger partial charge in [0.1, 0.15) is 0 Å². The Hall–Kier alpha value is -0.650. The number of hydrogen-bond donors (Lipinski definition) is 1. The van der Waals surface area contributed by atoms with Gasteiger partial charge in [-0.05, 0) is 12.8 Å². The minimum Gasteiger partial charge on any atom is -0.383 e. The van der Waals surface area contributed by atoms with Crippen molar-refractivity contribution < 1.29 is 4.74 Å². The van der Waals surface area contributed by atoms with Gasteiger partial charge in [0.15, 0.2) is 5.13 Å². The lowest BCUT2D eigenvalue weighted by atomic mass is 10.2. The van der Waals surface area contributed by atoms with Crippen molar-refractivity contribution in [1.29, 1.82) is 0 Å². The molecule has 0 atom stereocenters. The van der Waals surface area contributed by atoms with Crippen LogP contribution in [0.2, 0.25) is 0 Å². The number of ether oxygens (including phenoxy) is 1. The summed E-state index contributed by atoms with van der Waals surface area (Å²) in [5.74, 6) is 0. The third-order valence-electron chi connectivity index (χ3n) is 3.45. The number of methoxy groups -OCH3 is 1. The molecule has 0 unspecified atom stereocenters. The number of anilines is 1. The summed E-state index contributed by atoms with van der Waals surface area (Å²) in [5.41, 5.74) is 1.27. The van der Waals surface area contributed by atoms with Crippen LogP contribution in [0, 0.1) is 0 Å². The zero-order valence-corrected chi connectivity index (χ0v) is 14.9. The summed E-state index contributed by atoms with van der Waals surface area (Å²) in [4.78, 5) is 8.53. The van der Waals surface area contributed by atoms with Crippen molar-refractivity contribution in [2.75, 3.05) is 38.8 Å². The van der Waals surface area contributed by atoms with Gasteiger partial charge in [0, 0.05) is 38.7 Å². The van der Waals surface area contributed by atoms with E-state index < -0.39 is 0 Å². The fourth-order valence-corrected chi connectivity index (χ4v) is 3.24. The first-order valence-electron chi connectivity index (χ1n) is 8.12. The molecule has 1 heterocycles. The molecule has 0 saturated carbocycles. The van der Waals surface area contributed by atoms with Crippen LogP contribution in [-0.2, 0) is 17.7 Å². The number of aryl methyl sites for hydroxylation is 1. The quantitative estimate of drug-likeness (QED) is 0.600. The monoisotopic (exact) mass is 313 g/mol. The molecule has 0 bridgehead atoms. The second-order valence-electron chi connectivity index (χ2n) is 5.41. The van der Waals surface area contributed by atoms with Gasteiger partial charge in [0.2, 0.25) is 0 Å². The largest absolute Gasteiger partial charge is 0.383 e. The normalized spacial score (nSPS) is 11.0. The van der Waals surface area contributed by atoms with E-state index >= 15 is 0 Å². The summed E-state index contributed by atoms with van der Waals surface area (Å²) in [6.07, 6.45) is 6.02. The van der Waals surface area contributed by atoms with Crippen molar-refractivity contribution in [1.82, 2.24) is 10.3 Å². The molecule has 0 aromatic carbocycles. The summed E-state index contributed by atoms with van der Waals surface area (Å²) in [5, 5.41) is 4.60. The Bertz CT molecular complexity index is 382. The van der Waals surface area contributed by atoms with E-state index in [1.54, 1.807) is 7.11 Å². The maximum Gasteiger partial charge on any atom is 0.185 e. The van der Waals surface area contributed by atoms with Crippen LogP contribution in [-0.4, -0.2) is 38.8 Å². The molecule has 1 rings (SSSR count). The molecule has 0 radical (unpaired) electrons. The van der Waals surface area contributed by atoms with Gasteiger partial charge in [0.05, 0.1) is 12.3 Å². The molecule has 0 aliphatic rings. The molecule has 122 valence electrons. The van der Waals surface area contributed by atoms with Crippen molar-refractivity contribution in [3.63, 3.8) is 0 Å². The van der Waals surface area contributed by atoms with Gasteiger partial charge in [-0.2, -0.15) is 0 Å². The van der Waals surface area contributed by atoms with Gasteiger partial charge in [0.25, 0.3) is 0 Å². The molecule has 0 spiro atoms. The minimum absolute atomic E-state index is 0.756. The molecule has 21 heavy (non-hydrogen) atoms. The first-order valence-corrected chi connectivity index (χ1v) is 8.93. The van der Waals surface area contributed by atoms with Crippen LogP contribution >= 0.6 is 11.3 Å². The molecular formula is C16H31N3OS. The van der Waals surface area contributed by atoms with Crippen LogP contribution in [0.25, 0.3) is 0 Å². The van der Waals surface area contributed by atoms with Gasteiger partial charge < -0.3 is 15.0 Å². The van der Waals surface area contributed by atoms with E-state index in [2.05, 4.69) is 31.1 Å². The summed E-state index contributed by atoms with van der Waals surface area (Å²) < 4.78 is 5.07. The number of aromatic nitrogens is 1. The molecule has 0 amide bonds. The summed E-state index contributed by atoms with van der Waals surface area (Å²) in [7, 11) is 3.90. The Morgan fingerprint density at radius 1 is 1.24 bits per heavy atom. The first kappa shape index (κ1) is 18.4. The lowest BCUT2D eigenvalue weighted by Crippen LogP contribution is -2.18. The van der Waals surface area contributed by atoms with Gasteiger partial charge in [-0.3, -0.25) is 0 Å². The van der Waals surface area contributed by atoms with Crippen LogP contribution in [0.15, 0.2) is 0 Å². The predicted octanol–water partition coefficient (Wildman–Crippen LogP) is 3.46. The fourth-order valence-electron chi connectivity index (χ4n) is 2.17. The van der Waals surface area contributed by atoms with Crippen molar-refractivity contribution in [2.45, 2.75) is 52.5 Å². The highest BCUT2D eigenvalue weighted by molar-refractivity contribution is 7.15. The number of nitrogens with one attached hydrogen (secondary N) is 1. The Labute approximate surface area is 133 Å². The summed E-state index contributed by atoms with van der Waals surface area (Å²) >= 11 is 1.84. The highest BCUT2D eigenvalue weighted by Crippen LogP contribution is 2.27. The Balaban J connectivity index is 2.59. The topological polar surface area (TPSA) is 37.4 Å². The average molecular weight is 314 g/mol. The molecule has 1 aromatic rings. The fraction of sp³-hybridized carbons (Fsp3) is 0.812. The Morgan fingerprint density at radius 3 is 2.71 bits per heavy atom. The van der Waals surface area contributed by atoms with E-state index in [1.807, 2.05) is 11.3 Å². The third-order valence-corrected chi connectivity index (χ3v) is 4.66. The van der Waals surface area contributed by atoms with Crippen molar-refractivity contribution in [3.05, 3.63) is 10.6 Å². The summed E-state index contributed by atoms with van der Waals surface area (Å²) in [6.45, 7) is 8.11. The van der Waals surface area contributed by atoms with Crippen molar-refractivity contribution in [2.24, 2.45) is 0 Å². The SMILES string of the molecule is CCCCCN(C)c1nc(CCC)c(CNCCOC)s1. The van der Waals surface area contributed by atoms with E-state index in [9.17, 15) is 0 Å². The van der Waals surface area contributed by atoms with Crippen LogP contribution in [0.1, 0.15) is 50.1 Å². The molecule has 0 fully saturated rings. The Morgan fingerprint density at radius 2 is 2.05 bits per heavy atom. The Kier molecular flexibility index (Phi) is 9.63. The van der Waals surface area contributed by atoms with Crippen LogP contribution in [0.3, 0.4) is 0 Å². The van der Waals surface area contributed by atoms with E-state index in [1.165, 1.54) is 29.8 Å². The first-order chi connectivity index (χ1) is 10.2. The molecule has 1 N–H and O–H groups in total. The highest BCUT2D eigenvalue weighted by atomic mass is 32.1. The number of nitrogens with zero attached hydrogens (tertiary/aromatic N) is 2. The molecule has 0 aliphatic carbocycles. The maximum atomic E-state index is 5.07. The van der Waals surface area contributed by atoms with Gasteiger partial charge >= 0.3 is 0 Å². The smallest absolute Gasteiger partial charge is 0.185 e. The molecular weight excluding hydrogens is 282 g/mol. The zero-order chi connectivity index (χ0) is 15.5. The van der Waals surface area contributed by atoms with Crippen LogP contribution in [0.4, 0.5) is 5.13 Å². The lowest BCUT2D eigenvalue weighted by Gasteiger charge is -2.14. The van der Waals surface area contributed by atoms with Crippen LogP contribution < -0.4 is 10.2 Å². The highest BCUT2D eigenvalue weighted by Gasteiger charge is 2.13. The van der Waals surface area contributed by atoms with Crippen molar-refractivity contribution >= 4 is 16.5 Å². The van der Waals surface area contributed by atoms with Gasteiger partial charge in [-0.25, -0.2) is 4.98 Å². The van der Waals surface area contributed by atoms with Crippen molar-refractivity contribution in [3.8, 4) is 0 Å². The van der Waals surface area contributed by atoms with Gasteiger partial charge in [-0.15, -0.1) is 11.3 Å². The molecule has 1 aromatic heterocycles. The molecule has 5 heteroatoms. The zero-order valence-electron chi connectivity index (χ0n) is 14.1. The average Bonchev–Trinajstić information content (AvgIpc) is 2.87. The summed E-state index contributed by atoms with van der Waals surface area (Å²) in [6, 6.07) is 0. The minimum atomic E-state index is 0.756. The number of hydrogen-bond acceptors (Lipinski definition) is 5. The predicted molar refractivity (Wildman–Crippen MR) is 92.5 cm³/mol.